The first-order chi connectivity index (χ1) is 20.0. The summed E-state index contributed by atoms with van der Waals surface area (Å²) in [6.45, 7) is 6.21. The summed E-state index contributed by atoms with van der Waals surface area (Å²) in [7, 11) is 0. The van der Waals surface area contributed by atoms with Gasteiger partial charge in [-0.15, -0.1) is 0 Å². The number of nitrogens with zero attached hydrogens (tertiary/aromatic N) is 2. The number of amides is 4. The maximum Gasteiger partial charge on any atom is 0.304 e. The number of ketones is 1. The van der Waals surface area contributed by atoms with Crippen LogP contribution in [0.2, 0.25) is 0 Å². The van der Waals surface area contributed by atoms with Crippen LogP contribution in [0.15, 0.2) is 24.3 Å². The van der Waals surface area contributed by atoms with E-state index in [4.69, 9.17) is 5.11 Å². The molecule has 0 aliphatic carbocycles. The largest absolute Gasteiger partial charge is 0.481 e. The fourth-order valence-electron chi connectivity index (χ4n) is 5.26. The minimum atomic E-state index is -1.09. The van der Waals surface area contributed by atoms with Gasteiger partial charge in [-0.2, -0.15) is 0 Å². The highest BCUT2D eigenvalue weighted by atomic mass is 16.4. The third kappa shape index (κ3) is 10.0. The highest BCUT2D eigenvalue weighted by molar-refractivity contribution is 6.40. The monoisotopic (exact) mass is 585 g/mol. The lowest BCUT2D eigenvalue weighted by atomic mass is 9.92. The van der Waals surface area contributed by atoms with Gasteiger partial charge in [0.1, 0.15) is 0 Å². The van der Waals surface area contributed by atoms with E-state index in [1.165, 1.54) is 24.3 Å². The molecule has 230 valence electrons. The Hall–Kier alpha value is -3.64. The van der Waals surface area contributed by atoms with Crippen molar-refractivity contribution in [2.75, 3.05) is 38.0 Å². The third-order valence-electron chi connectivity index (χ3n) is 7.62. The number of carboxylic acids is 1. The Kier molecular flexibility index (Phi) is 12.6. The van der Waals surface area contributed by atoms with Crippen LogP contribution in [-0.4, -0.2) is 83.1 Å². The fourth-order valence-corrected chi connectivity index (χ4v) is 5.26. The topological polar surface area (TPSA) is 165 Å². The number of Topliss-reactive ketones (excluding diaryl/α,β-unsaturated/α-hetero) is 1. The first kappa shape index (κ1) is 32.9. The van der Waals surface area contributed by atoms with Crippen LogP contribution in [0.1, 0.15) is 75.6 Å². The van der Waals surface area contributed by atoms with Gasteiger partial charge in [-0.3, -0.25) is 28.8 Å². The molecule has 2 aliphatic rings. The van der Waals surface area contributed by atoms with Crippen molar-refractivity contribution in [3.63, 3.8) is 0 Å². The molecule has 0 radical (unpaired) electrons. The number of aliphatic carboxylic acids is 1. The molecule has 1 atom stereocenters. The molecule has 0 spiro atoms. The maximum atomic E-state index is 13.6. The predicted octanol–water partition coefficient (Wildman–Crippen LogP) is 2.21. The van der Waals surface area contributed by atoms with E-state index in [1.807, 2.05) is 13.8 Å². The zero-order valence-electron chi connectivity index (χ0n) is 24.5. The lowest BCUT2D eigenvalue weighted by Crippen LogP contribution is -2.53. The Bertz CT molecular complexity index is 1130. The SMILES string of the molecule is CC(C)CC(=O)C(=O)Nc1ccc(C(=O)N(NCCC(=O)O)C(=O)[C@@H]2CCCN(C(=O)CCC3CCNCC3)C2)cc1. The number of carboxylic acid groups (broad SMARTS) is 1. The van der Waals surface area contributed by atoms with Gasteiger partial charge in [-0.1, -0.05) is 13.8 Å². The summed E-state index contributed by atoms with van der Waals surface area (Å²) in [4.78, 5) is 76.9. The standard InChI is InChI=1S/C30H43N5O7/c1-20(2)18-25(36)28(40)33-24-8-6-22(7-9-24)29(41)35(32-16-13-27(38)39)30(42)23-4-3-17-34(19-23)26(37)10-5-21-11-14-31-15-12-21/h6-9,20-21,23,31-32H,3-5,10-19H2,1-2H3,(H,33,40)(H,38,39)/t23-/m1/s1. The molecular weight excluding hydrogens is 542 g/mol. The van der Waals surface area contributed by atoms with Crippen molar-refractivity contribution >= 4 is 41.1 Å². The summed E-state index contributed by atoms with van der Waals surface area (Å²) in [5.74, 6) is -3.65. The minimum Gasteiger partial charge on any atom is -0.481 e. The summed E-state index contributed by atoms with van der Waals surface area (Å²) in [6, 6.07) is 5.75. The zero-order chi connectivity index (χ0) is 30.6. The average Bonchev–Trinajstić information content (AvgIpc) is 2.98. The molecule has 2 fully saturated rings. The first-order valence-electron chi connectivity index (χ1n) is 14.8. The summed E-state index contributed by atoms with van der Waals surface area (Å²) >= 11 is 0. The average molecular weight is 586 g/mol. The van der Waals surface area contributed by atoms with E-state index in [2.05, 4.69) is 16.1 Å². The molecule has 0 saturated carbocycles. The van der Waals surface area contributed by atoms with Crippen molar-refractivity contribution in [3.8, 4) is 0 Å². The summed E-state index contributed by atoms with van der Waals surface area (Å²) in [5.41, 5.74) is 3.11. The fraction of sp³-hybridized carbons (Fsp3) is 0.600. The molecule has 2 aliphatic heterocycles. The van der Waals surface area contributed by atoms with Crippen LogP contribution >= 0.6 is 0 Å². The minimum absolute atomic E-state index is 0.00672. The van der Waals surface area contributed by atoms with E-state index in [0.29, 0.717) is 37.4 Å². The number of piperidine rings is 2. The van der Waals surface area contributed by atoms with Gasteiger partial charge in [-0.05, 0) is 81.3 Å². The van der Waals surface area contributed by atoms with Crippen LogP contribution in [0.25, 0.3) is 0 Å². The second-order valence-corrected chi connectivity index (χ2v) is 11.5. The van der Waals surface area contributed by atoms with E-state index in [0.717, 1.165) is 37.4 Å². The van der Waals surface area contributed by atoms with Crippen LogP contribution in [-0.2, 0) is 24.0 Å². The molecule has 0 unspecified atom stereocenters. The molecule has 3 rings (SSSR count). The first-order valence-corrected chi connectivity index (χ1v) is 14.8. The number of rotatable bonds is 13. The Balaban J connectivity index is 1.65. The number of carbonyl (C=O) groups excluding carboxylic acids is 5. The van der Waals surface area contributed by atoms with E-state index in [9.17, 15) is 28.8 Å². The van der Waals surface area contributed by atoms with Crippen LogP contribution < -0.4 is 16.1 Å². The van der Waals surface area contributed by atoms with Crippen LogP contribution in [0.3, 0.4) is 0 Å². The van der Waals surface area contributed by atoms with Gasteiger partial charge >= 0.3 is 5.97 Å². The van der Waals surface area contributed by atoms with Gasteiger partial charge in [0.15, 0.2) is 0 Å². The molecule has 0 bridgehead atoms. The van der Waals surface area contributed by atoms with E-state index < -0.39 is 35.4 Å². The Morgan fingerprint density at radius 1 is 1.02 bits per heavy atom. The molecule has 0 aromatic heterocycles. The third-order valence-corrected chi connectivity index (χ3v) is 7.62. The number of likely N-dealkylation sites (tertiary alicyclic amines) is 1. The normalized spacial score (nSPS) is 17.5. The number of carbonyl (C=O) groups is 6. The van der Waals surface area contributed by atoms with Crippen LogP contribution in [0, 0.1) is 17.8 Å². The van der Waals surface area contributed by atoms with Crippen molar-refractivity contribution in [2.24, 2.45) is 17.8 Å². The van der Waals surface area contributed by atoms with Gasteiger partial charge in [-0.25, -0.2) is 10.4 Å². The van der Waals surface area contributed by atoms with Gasteiger partial charge in [0.25, 0.3) is 11.8 Å². The van der Waals surface area contributed by atoms with E-state index >= 15 is 0 Å². The number of hydrazine groups is 1. The number of anilines is 1. The number of nitrogens with one attached hydrogen (secondary N) is 3. The van der Waals surface area contributed by atoms with E-state index in [1.54, 1.807) is 4.90 Å². The summed E-state index contributed by atoms with van der Waals surface area (Å²) < 4.78 is 0. The second kappa shape index (κ2) is 16.1. The summed E-state index contributed by atoms with van der Waals surface area (Å²) in [6.07, 6.45) is 4.28. The molecule has 12 heteroatoms. The molecule has 2 heterocycles. The Labute approximate surface area is 246 Å². The quantitative estimate of drug-likeness (QED) is 0.154. The predicted molar refractivity (Wildman–Crippen MR) is 155 cm³/mol. The number of benzene rings is 1. The molecule has 4 amide bonds. The molecule has 1 aromatic rings. The zero-order valence-corrected chi connectivity index (χ0v) is 24.5. The number of hydrogen-bond donors (Lipinski definition) is 4. The van der Waals surface area contributed by atoms with Crippen molar-refractivity contribution < 1.29 is 33.9 Å². The second-order valence-electron chi connectivity index (χ2n) is 11.5. The van der Waals surface area contributed by atoms with Crippen molar-refractivity contribution in [1.82, 2.24) is 20.7 Å². The molecule has 1 aromatic carbocycles. The van der Waals surface area contributed by atoms with Crippen molar-refractivity contribution in [1.29, 1.82) is 0 Å². The highest BCUT2D eigenvalue weighted by Crippen LogP contribution is 2.23. The Morgan fingerprint density at radius 2 is 1.71 bits per heavy atom. The molecule has 4 N–H and O–H groups in total. The smallest absolute Gasteiger partial charge is 0.304 e. The van der Waals surface area contributed by atoms with Crippen LogP contribution in [0.5, 0.6) is 0 Å². The molecule has 12 nitrogen and oxygen atoms in total. The van der Waals surface area contributed by atoms with Crippen molar-refractivity contribution in [3.05, 3.63) is 29.8 Å². The van der Waals surface area contributed by atoms with Crippen molar-refractivity contribution in [2.45, 2.75) is 65.2 Å². The highest BCUT2D eigenvalue weighted by Gasteiger charge is 2.34. The molecule has 2 saturated heterocycles. The molecule has 42 heavy (non-hydrogen) atoms. The summed E-state index contributed by atoms with van der Waals surface area (Å²) in [5, 5.41) is 15.7. The maximum absolute atomic E-state index is 13.6. The molecular formula is C30H43N5O7. The van der Waals surface area contributed by atoms with Gasteiger partial charge < -0.3 is 20.6 Å². The lowest BCUT2D eigenvalue weighted by molar-refractivity contribution is -0.142. The lowest BCUT2D eigenvalue weighted by Gasteiger charge is -2.35. The Morgan fingerprint density at radius 3 is 2.36 bits per heavy atom. The van der Waals surface area contributed by atoms with E-state index in [-0.39, 0.29) is 43.3 Å². The van der Waals surface area contributed by atoms with Gasteiger partial charge in [0, 0.05) is 43.7 Å². The van der Waals surface area contributed by atoms with Gasteiger partial charge in [0.05, 0.1) is 12.3 Å². The van der Waals surface area contributed by atoms with Gasteiger partial charge in [0.2, 0.25) is 17.6 Å². The number of hydrogen-bond acceptors (Lipinski definition) is 8. The van der Waals surface area contributed by atoms with Crippen LogP contribution in [0.4, 0.5) is 5.69 Å². The number of imide groups is 1.